The maximum atomic E-state index is 12.6. The van der Waals surface area contributed by atoms with E-state index in [1.54, 1.807) is 0 Å². The number of anilines is 1. The van der Waals surface area contributed by atoms with E-state index in [4.69, 9.17) is 14.7 Å². The van der Waals surface area contributed by atoms with Gasteiger partial charge in [-0.05, 0) is 44.2 Å². The Hall–Kier alpha value is -1.62. The fourth-order valence-corrected chi connectivity index (χ4v) is 4.70. The molecular weight excluding hydrogens is 531 g/mol. The summed E-state index contributed by atoms with van der Waals surface area (Å²) in [6, 6.07) is 4.29. The summed E-state index contributed by atoms with van der Waals surface area (Å²) in [6.07, 6.45) is 8.74. The number of aliphatic imine (C=N–C) groups is 1. The third-order valence-electron chi connectivity index (χ3n) is 6.58. The topological polar surface area (TPSA) is 73.3 Å². The van der Waals surface area contributed by atoms with E-state index in [1.807, 2.05) is 11.1 Å². The van der Waals surface area contributed by atoms with Crippen LogP contribution in [0.3, 0.4) is 0 Å². The van der Waals surface area contributed by atoms with Crippen LogP contribution in [0.1, 0.15) is 51.0 Å². The van der Waals surface area contributed by atoms with Crippen LogP contribution in [0.25, 0.3) is 0 Å². The van der Waals surface area contributed by atoms with Crippen LogP contribution in [0.15, 0.2) is 23.3 Å². The van der Waals surface area contributed by atoms with Crippen molar-refractivity contribution in [3.05, 3.63) is 23.9 Å². The number of guanidine groups is 1. The number of halogens is 1. The summed E-state index contributed by atoms with van der Waals surface area (Å²) >= 11 is 0. The second-order valence-corrected chi connectivity index (χ2v) is 8.91. The van der Waals surface area contributed by atoms with Gasteiger partial charge < -0.3 is 24.8 Å². The number of rotatable bonds is 5. The Bertz CT molecular complexity index is 753. The van der Waals surface area contributed by atoms with Crippen LogP contribution >= 0.6 is 24.0 Å². The average molecular weight is 571 g/mol. The number of carbonyl (C=O) groups excluding carboxylic acids is 1. The first-order valence-corrected chi connectivity index (χ1v) is 12.4. The minimum Gasteiger partial charge on any atom is -0.368 e. The molecule has 1 amide bonds. The van der Waals surface area contributed by atoms with Crippen LogP contribution in [-0.2, 0) is 16.1 Å². The molecule has 3 aliphatic rings. The first-order chi connectivity index (χ1) is 15.7. The molecule has 0 bridgehead atoms. The number of nitrogens with one attached hydrogen (secondary N) is 1. The highest BCUT2D eigenvalue weighted by Crippen LogP contribution is 2.18. The second kappa shape index (κ2) is 13.3. The summed E-state index contributed by atoms with van der Waals surface area (Å²) in [5, 5.41) is 3.41. The number of aromatic nitrogens is 1. The number of amides is 1. The van der Waals surface area contributed by atoms with E-state index in [1.165, 1.54) is 25.7 Å². The van der Waals surface area contributed by atoms with Crippen LogP contribution < -0.4 is 10.2 Å². The lowest BCUT2D eigenvalue weighted by Crippen LogP contribution is -2.55. The Morgan fingerprint density at radius 3 is 2.39 bits per heavy atom. The summed E-state index contributed by atoms with van der Waals surface area (Å²) in [7, 11) is 0. The number of pyridine rings is 1. The maximum Gasteiger partial charge on any atom is 0.251 e. The molecule has 1 N–H and O–H groups in total. The molecule has 9 heteroatoms. The van der Waals surface area contributed by atoms with Gasteiger partial charge in [0.1, 0.15) is 11.9 Å². The standard InChI is InChI=1S/C24H38N6O2.HI/c1-2-25-24(30-15-13-29(14-16-30)23(31)21-8-7-17-32-21)27-19-20-9-10-22(26-18-20)28-11-5-3-4-6-12-28;/h9-10,18,21H,2-8,11-17,19H2,1H3,(H,25,27);1H. The summed E-state index contributed by atoms with van der Waals surface area (Å²) in [5.41, 5.74) is 1.12. The molecule has 3 saturated heterocycles. The fourth-order valence-electron chi connectivity index (χ4n) is 4.70. The molecule has 0 aliphatic carbocycles. The van der Waals surface area contributed by atoms with Crippen LogP contribution in [-0.4, -0.2) is 85.2 Å². The molecule has 0 radical (unpaired) electrons. The molecule has 1 unspecified atom stereocenters. The van der Waals surface area contributed by atoms with Crippen molar-refractivity contribution in [2.24, 2.45) is 4.99 Å². The van der Waals surface area contributed by atoms with E-state index in [0.29, 0.717) is 13.2 Å². The van der Waals surface area contributed by atoms with E-state index in [-0.39, 0.29) is 36.0 Å². The molecule has 0 aromatic carbocycles. The van der Waals surface area contributed by atoms with Crippen LogP contribution in [0, 0.1) is 0 Å². The zero-order chi connectivity index (χ0) is 22.2. The molecule has 1 atom stereocenters. The zero-order valence-corrected chi connectivity index (χ0v) is 22.2. The number of hydrogen-bond acceptors (Lipinski definition) is 5. The molecule has 0 saturated carbocycles. The van der Waals surface area contributed by atoms with Crippen LogP contribution in [0.5, 0.6) is 0 Å². The molecule has 3 fully saturated rings. The van der Waals surface area contributed by atoms with Crippen molar-refractivity contribution in [2.45, 2.75) is 58.1 Å². The first-order valence-electron chi connectivity index (χ1n) is 12.4. The Morgan fingerprint density at radius 2 is 1.79 bits per heavy atom. The molecule has 4 heterocycles. The SMILES string of the molecule is CCNC(=NCc1ccc(N2CCCCCC2)nc1)N1CCN(C(=O)C2CCCO2)CC1.I. The Labute approximate surface area is 215 Å². The highest BCUT2D eigenvalue weighted by atomic mass is 127. The molecule has 8 nitrogen and oxygen atoms in total. The van der Waals surface area contributed by atoms with E-state index in [0.717, 1.165) is 76.0 Å². The quantitative estimate of drug-likeness (QED) is 0.334. The maximum absolute atomic E-state index is 12.6. The van der Waals surface area contributed by atoms with Crippen LogP contribution in [0.2, 0.25) is 0 Å². The summed E-state index contributed by atoms with van der Waals surface area (Å²) in [4.78, 5) is 28.8. The lowest BCUT2D eigenvalue weighted by atomic mass is 10.2. The molecule has 33 heavy (non-hydrogen) atoms. The van der Waals surface area contributed by atoms with Gasteiger partial charge in [-0.1, -0.05) is 18.9 Å². The van der Waals surface area contributed by atoms with Crippen molar-refractivity contribution in [3.63, 3.8) is 0 Å². The third kappa shape index (κ3) is 7.18. The van der Waals surface area contributed by atoms with Gasteiger partial charge in [-0.3, -0.25) is 4.79 Å². The number of carbonyl (C=O) groups is 1. The predicted molar refractivity (Wildman–Crippen MR) is 142 cm³/mol. The number of nitrogens with zero attached hydrogens (tertiary/aromatic N) is 5. The second-order valence-electron chi connectivity index (χ2n) is 8.91. The van der Waals surface area contributed by atoms with Crippen molar-refractivity contribution in [2.75, 3.05) is 57.3 Å². The van der Waals surface area contributed by atoms with Gasteiger partial charge in [-0.15, -0.1) is 24.0 Å². The van der Waals surface area contributed by atoms with Crippen molar-refractivity contribution >= 4 is 41.7 Å². The number of ether oxygens (including phenoxy) is 1. The fraction of sp³-hybridized carbons (Fsp3) is 0.708. The lowest BCUT2D eigenvalue weighted by molar-refractivity contribution is -0.142. The van der Waals surface area contributed by atoms with Crippen molar-refractivity contribution in [1.29, 1.82) is 0 Å². The predicted octanol–water partition coefficient (Wildman–Crippen LogP) is 2.87. The van der Waals surface area contributed by atoms with Crippen molar-refractivity contribution in [1.82, 2.24) is 20.1 Å². The van der Waals surface area contributed by atoms with E-state index < -0.39 is 0 Å². The molecule has 1 aromatic heterocycles. The molecule has 3 aliphatic heterocycles. The number of hydrogen-bond donors (Lipinski definition) is 1. The van der Waals surface area contributed by atoms with Gasteiger partial charge in [0.15, 0.2) is 5.96 Å². The van der Waals surface area contributed by atoms with Gasteiger partial charge in [0.2, 0.25) is 0 Å². The van der Waals surface area contributed by atoms with Gasteiger partial charge in [-0.2, -0.15) is 0 Å². The first kappa shape index (κ1) is 26.0. The molecular formula is C24H39IN6O2. The minimum atomic E-state index is -0.228. The average Bonchev–Trinajstić information content (AvgIpc) is 3.24. The summed E-state index contributed by atoms with van der Waals surface area (Å²) in [6.45, 7) is 9.44. The lowest BCUT2D eigenvalue weighted by Gasteiger charge is -2.37. The Kier molecular flexibility index (Phi) is 10.5. The smallest absolute Gasteiger partial charge is 0.251 e. The highest BCUT2D eigenvalue weighted by molar-refractivity contribution is 14.0. The largest absolute Gasteiger partial charge is 0.368 e. The van der Waals surface area contributed by atoms with Gasteiger partial charge >= 0.3 is 0 Å². The van der Waals surface area contributed by atoms with Crippen molar-refractivity contribution in [3.8, 4) is 0 Å². The summed E-state index contributed by atoms with van der Waals surface area (Å²) < 4.78 is 5.57. The van der Waals surface area contributed by atoms with E-state index in [2.05, 4.69) is 34.2 Å². The van der Waals surface area contributed by atoms with E-state index >= 15 is 0 Å². The molecule has 0 spiro atoms. The van der Waals surface area contributed by atoms with Gasteiger partial charge in [0.25, 0.3) is 5.91 Å². The van der Waals surface area contributed by atoms with Gasteiger partial charge in [0.05, 0.1) is 6.54 Å². The normalized spacial score (nSPS) is 22.0. The number of piperazine rings is 1. The molecule has 1 aromatic rings. The summed E-state index contributed by atoms with van der Waals surface area (Å²) in [5.74, 6) is 2.14. The zero-order valence-electron chi connectivity index (χ0n) is 19.9. The van der Waals surface area contributed by atoms with Gasteiger partial charge in [-0.25, -0.2) is 9.98 Å². The third-order valence-corrected chi connectivity index (χ3v) is 6.58. The minimum absolute atomic E-state index is 0. The van der Waals surface area contributed by atoms with Gasteiger partial charge in [0, 0.05) is 58.6 Å². The Balaban J connectivity index is 0.00000306. The molecule has 184 valence electrons. The van der Waals surface area contributed by atoms with E-state index in [9.17, 15) is 4.79 Å². The Morgan fingerprint density at radius 1 is 1.06 bits per heavy atom. The molecule has 4 rings (SSSR count). The monoisotopic (exact) mass is 570 g/mol. The highest BCUT2D eigenvalue weighted by Gasteiger charge is 2.30. The van der Waals surface area contributed by atoms with Crippen LogP contribution in [0.4, 0.5) is 5.82 Å². The van der Waals surface area contributed by atoms with Crippen molar-refractivity contribution < 1.29 is 9.53 Å².